The average Bonchev–Trinajstić information content (AvgIpc) is 2.09. The van der Waals surface area contributed by atoms with Crippen LogP contribution in [-0.4, -0.2) is 11.8 Å². The van der Waals surface area contributed by atoms with Crippen LogP contribution in [0.3, 0.4) is 0 Å². The molecule has 1 aliphatic heterocycles. The van der Waals surface area contributed by atoms with E-state index in [1.54, 1.807) is 13.1 Å². The molecule has 14 heavy (non-hydrogen) atoms. The van der Waals surface area contributed by atoms with Crippen LogP contribution in [0.4, 0.5) is 0 Å². The minimum Gasteiger partial charge on any atom is -0.378 e. The molecule has 1 heterocycles. The molecule has 0 saturated carbocycles. The Balaban J connectivity index is 2.95. The number of allylic oxidation sites excluding steroid dienone is 2. The molecule has 0 aromatic heterocycles. The van der Waals surface area contributed by atoms with Crippen LogP contribution in [0.15, 0.2) is 40.1 Å². The van der Waals surface area contributed by atoms with E-state index in [9.17, 15) is 0 Å². The van der Waals surface area contributed by atoms with Crippen molar-refractivity contribution in [3.63, 3.8) is 0 Å². The van der Waals surface area contributed by atoms with Gasteiger partial charge in [0.05, 0.1) is 11.4 Å². The first kappa shape index (κ1) is 11.1. The summed E-state index contributed by atoms with van der Waals surface area (Å²) < 4.78 is 0. The van der Waals surface area contributed by atoms with Gasteiger partial charge in [-0.25, -0.2) is 0 Å². The summed E-state index contributed by atoms with van der Waals surface area (Å²) in [6.07, 6.45) is 3.66. The Bertz CT molecular complexity index is 333. The number of halogens is 1. The number of hydrogen-bond acceptors (Lipinski definition) is 2. The fourth-order valence-electron chi connectivity index (χ4n) is 1.15. The van der Waals surface area contributed by atoms with E-state index in [1.165, 1.54) is 5.57 Å². The molecule has 1 unspecified atom stereocenters. The molecule has 1 rings (SSSR count). The van der Waals surface area contributed by atoms with Gasteiger partial charge in [-0.2, -0.15) is 0 Å². The number of nitrogens with one attached hydrogen (secondary N) is 1. The third kappa shape index (κ3) is 2.74. The van der Waals surface area contributed by atoms with Crippen molar-refractivity contribution in [3.05, 3.63) is 35.2 Å². The second-order valence-corrected chi connectivity index (χ2v) is 4.06. The van der Waals surface area contributed by atoms with Gasteiger partial charge in [0.2, 0.25) is 0 Å². The molecule has 3 heteroatoms. The van der Waals surface area contributed by atoms with E-state index in [-0.39, 0.29) is 0 Å². The smallest absolute Gasteiger partial charge is 0.0855 e. The second-order valence-electron chi connectivity index (χ2n) is 3.46. The lowest BCUT2D eigenvalue weighted by molar-refractivity contribution is 0.704. The molecule has 0 bridgehead atoms. The minimum absolute atomic E-state index is 0.336. The summed E-state index contributed by atoms with van der Waals surface area (Å²) in [6, 6.07) is 0.336. The van der Waals surface area contributed by atoms with Crippen molar-refractivity contribution in [2.45, 2.75) is 26.8 Å². The van der Waals surface area contributed by atoms with Gasteiger partial charge in [0.1, 0.15) is 0 Å². The van der Waals surface area contributed by atoms with Crippen LogP contribution >= 0.6 is 11.6 Å². The van der Waals surface area contributed by atoms with E-state index in [1.807, 2.05) is 6.08 Å². The molecular formula is C11H15ClN2. The average molecular weight is 211 g/mol. The van der Waals surface area contributed by atoms with Crippen LogP contribution in [0.2, 0.25) is 0 Å². The highest BCUT2D eigenvalue weighted by Gasteiger charge is 2.14. The highest BCUT2D eigenvalue weighted by molar-refractivity contribution is 6.29. The first-order valence-electron chi connectivity index (χ1n) is 4.55. The van der Waals surface area contributed by atoms with Crippen molar-refractivity contribution in [2.75, 3.05) is 0 Å². The molecule has 0 fully saturated rings. The summed E-state index contributed by atoms with van der Waals surface area (Å²) in [5.41, 5.74) is 2.94. The maximum absolute atomic E-state index is 5.69. The summed E-state index contributed by atoms with van der Waals surface area (Å²) in [5, 5.41) is 3.90. The Hall–Kier alpha value is -1.02. The van der Waals surface area contributed by atoms with Crippen molar-refractivity contribution in [1.82, 2.24) is 5.32 Å². The summed E-state index contributed by atoms with van der Waals surface area (Å²) in [7, 11) is 0. The fourth-order valence-corrected chi connectivity index (χ4v) is 1.20. The second kappa shape index (κ2) is 4.47. The van der Waals surface area contributed by atoms with Gasteiger partial charge in [-0.3, -0.25) is 4.99 Å². The molecule has 0 spiro atoms. The molecule has 2 nitrogen and oxygen atoms in total. The molecule has 1 N–H and O–H groups in total. The lowest BCUT2D eigenvalue weighted by Crippen LogP contribution is -2.33. The summed E-state index contributed by atoms with van der Waals surface area (Å²) in [6.45, 7) is 9.86. The van der Waals surface area contributed by atoms with Crippen molar-refractivity contribution in [2.24, 2.45) is 4.99 Å². The van der Waals surface area contributed by atoms with Crippen molar-refractivity contribution in [3.8, 4) is 0 Å². The first-order valence-corrected chi connectivity index (χ1v) is 4.92. The van der Waals surface area contributed by atoms with Gasteiger partial charge in [-0.15, -0.1) is 0 Å². The Labute approximate surface area is 90.1 Å². The Morgan fingerprint density at radius 3 is 2.93 bits per heavy atom. The Morgan fingerprint density at radius 1 is 1.71 bits per heavy atom. The SMILES string of the molecule is C=C1NC(C)C(C)=C/C1=N/C=C(\C)Cl. The van der Waals surface area contributed by atoms with Crippen molar-refractivity contribution >= 4 is 17.3 Å². The van der Waals surface area contributed by atoms with Gasteiger partial charge in [-0.1, -0.05) is 18.2 Å². The van der Waals surface area contributed by atoms with E-state index in [0.717, 1.165) is 11.4 Å². The number of aliphatic imine (C=N–C) groups is 1. The third-order valence-corrected chi connectivity index (χ3v) is 2.23. The molecule has 0 aromatic rings. The largest absolute Gasteiger partial charge is 0.378 e. The predicted octanol–water partition coefficient (Wildman–Crippen LogP) is 2.98. The Kier molecular flexibility index (Phi) is 3.53. The monoisotopic (exact) mass is 210 g/mol. The maximum atomic E-state index is 5.69. The van der Waals surface area contributed by atoms with Crippen molar-refractivity contribution in [1.29, 1.82) is 0 Å². The van der Waals surface area contributed by atoms with Crippen LogP contribution < -0.4 is 5.32 Å². The van der Waals surface area contributed by atoms with E-state index >= 15 is 0 Å². The highest BCUT2D eigenvalue weighted by Crippen LogP contribution is 2.12. The molecule has 76 valence electrons. The minimum atomic E-state index is 0.336. The van der Waals surface area contributed by atoms with Crippen molar-refractivity contribution < 1.29 is 0 Å². The maximum Gasteiger partial charge on any atom is 0.0855 e. The zero-order chi connectivity index (χ0) is 10.7. The predicted molar refractivity (Wildman–Crippen MR) is 62.5 cm³/mol. The molecule has 1 atom stereocenters. The van der Waals surface area contributed by atoms with Gasteiger partial charge < -0.3 is 5.32 Å². The molecule has 0 aromatic carbocycles. The van der Waals surface area contributed by atoms with Gasteiger partial charge in [-0.05, 0) is 32.4 Å². The van der Waals surface area contributed by atoms with Gasteiger partial charge in [0, 0.05) is 17.3 Å². The molecule has 0 amide bonds. The highest BCUT2D eigenvalue weighted by atomic mass is 35.5. The van der Waals surface area contributed by atoms with Crippen LogP contribution in [0.25, 0.3) is 0 Å². The fraction of sp³-hybridized carbons (Fsp3) is 0.364. The van der Waals surface area contributed by atoms with Crippen LogP contribution in [0.5, 0.6) is 0 Å². The molecule has 0 radical (unpaired) electrons. The first-order chi connectivity index (χ1) is 6.50. The molecule has 0 aliphatic carbocycles. The molecule has 0 saturated heterocycles. The number of nitrogens with zero attached hydrogens (tertiary/aromatic N) is 1. The number of rotatable bonds is 1. The van der Waals surface area contributed by atoms with E-state index < -0.39 is 0 Å². The van der Waals surface area contributed by atoms with Gasteiger partial charge in [0.25, 0.3) is 0 Å². The van der Waals surface area contributed by atoms with Crippen LogP contribution in [0, 0.1) is 0 Å². The van der Waals surface area contributed by atoms with Crippen LogP contribution in [-0.2, 0) is 0 Å². The van der Waals surface area contributed by atoms with Crippen LogP contribution in [0.1, 0.15) is 20.8 Å². The van der Waals surface area contributed by atoms with E-state index in [4.69, 9.17) is 11.6 Å². The lowest BCUT2D eigenvalue weighted by atomic mass is 10.0. The standard InChI is InChI=1S/C11H15ClN2/c1-7-5-11(13-6-8(2)12)10(4)14-9(7)3/h5-6,9,14H,4H2,1-3H3/b8-6+,13-11-. The lowest BCUT2D eigenvalue weighted by Gasteiger charge is -2.23. The van der Waals surface area contributed by atoms with E-state index in [0.29, 0.717) is 11.1 Å². The third-order valence-electron chi connectivity index (χ3n) is 2.13. The van der Waals surface area contributed by atoms with Gasteiger partial charge in [0.15, 0.2) is 0 Å². The topological polar surface area (TPSA) is 24.4 Å². The quantitative estimate of drug-likeness (QED) is 0.707. The zero-order valence-electron chi connectivity index (χ0n) is 8.76. The summed E-state index contributed by atoms with van der Waals surface area (Å²) in [5.74, 6) is 0. The Morgan fingerprint density at radius 2 is 2.36 bits per heavy atom. The number of hydrogen-bond donors (Lipinski definition) is 1. The molecular weight excluding hydrogens is 196 g/mol. The van der Waals surface area contributed by atoms with E-state index in [2.05, 4.69) is 30.7 Å². The zero-order valence-corrected chi connectivity index (χ0v) is 9.52. The molecule has 1 aliphatic rings. The normalized spacial score (nSPS) is 26.1. The summed E-state index contributed by atoms with van der Waals surface area (Å²) in [4.78, 5) is 4.23. The summed E-state index contributed by atoms with van der Waals surface area (Å²) >= 11 is 5.69. The van der Waals surface area contributed by atoms with Gasteiger partial charge >= 0.3 is 0 Å².